The van der Waals surface area contributed by atoms with Crippen LogP contribution < -0.4 is 0 Å². The molecule has 0 unspecified atom stereocenters. The third-order valence-corrected chi connectivity index (χ3v) is 4.61. The van der Waals surface area contributed by atoms with E-state index < -0.39 is 0 Å². The Labute approximate surface area is 220 Å². The van der Waals surface area contributed by atoms with Gasteiger partial charge in [-0.2, -0.15) is 0 Å². The van der Waals surface area contributed by atoms with E-state index in [1.165, 1.54) is 0 Å². The molecular weight excluding hydrogens is 442 g/mol. The quantitative estimate of drug-likeness (QED) is 0.293. The third-order valence-electron chi connectivity index (χ3n) is 4.61. The SMILES string of the molecule is CC.CC.CC(C)CO.CO.COCCN(CC(C)C)C(=O)CC(C)(C)CC(C)(C)CCC(C)=O. The van der Waals surface area contributed by atoms with Crippen molar-refractivity contribution >= 4 is 11.7 Å². The molecule has 0 aromatic carbocycles. The highest BCUT2D eigenvalue weighted by molar-refractivity contribution is 5.77. The first-order valence-electron chi connectivity index (χ1n) is 13.5. The maximum atomic E-state index is 12.8. The molecule has 0 atom stereocenters. The summed E-state index contributed by atoms with van der Waals surface area (Å²) in [6, 6.07) is 0. The first kappa shape index (κ1) is 44.0. The number of carbonyl (C=O) groups is 2. The molecule has 0 rings (SSSR count). The van der Waals surface area contributed by atoms with E-state index >= 15 is 0 Å². The van der Waals surface area contributed by atoms with Crippen LogP contribution in [-0.4, -0.2) is 67.3 Å². The molecule has 0 fully saturated rings. The molecule has 0 saturated heterocycles. The van der Waals surface area contributed by atoms with Crippen molar-refractivity contribution in [3.63, 3.8) is 0 Å². The topological polar surface area (TPSA) is 87.1 Å². The lowest BCUT2D eigenvalue weighted by atomic mass is 9.71. The monoisotopic (exact) mass is 507 g/mol. The summed E-state index contributed by atoms with van der Waals surface area (Å²) in [4.78, 5) is 26.0. The number of rotatable bonds is 13. The highest BCUT2D eigenvalue weighted by atomic mass is 16.5. The van der Waals surface area contributed by atoms with E-state index in [-0.39, 0.29) is 22.5 Å². The summed E-state index contributed by atoms with van der Waals surface area (Å²) < 4.78 is 5.14. The van der Waals surface area contributed by atoms with Crippen LogP contribution in [0.2, 0.25) is 0 Å². The van der Waals surface area contributed by atoms with Crippen molar-refractivity contribution < 1.29 is 24.5 Å². The number of amides is 1. The Morgan fingerprint density at radius 2 is 1.31 bits per heavy atom. The van der Waals surface area contributed by atoms with E-state index in [9.17, 15) is 9.59 Å². The number of methoxy groups -OCH3 is 1. The summed E-state index contributed by atoms with van der Waals surface area (Å²) in [6.07, 6.45) is 2.95. The van der Waals surface area contributed by atoms with E-state index in [0.29, 0.717) is 44.4 Å². The molecular formula is C29H65NO5. The van der Waals surface area contributed by atoms with Crippen molar-refractivity contribution in [2.75, 3.05) is 40.5 Å². The molecule has 0 spiro atoms. The maximum Gasteiger partial charge on any atom is 0.223 e. The molecule has 0 aromatic rings. The lowest BCUT2D eigenvalue weighted by molar-refractivity contribution is -0.135. The van der Waals surface area contributed by atoms with Crippen molar-refractivity contribution in [1.29, 1.82) is 0 Å². The number of hydrogen-bond acceptors (Lipinski definition) is 5. The van der Waals surface area contributed by atoms with Gasteiger partial charge in [0, 0.05) is 46.8 Å². The van der Waals surface area contributed by atoms with E-state index in [0.717, 1.165) is 26.5 Å². The third kappa shape index (κ3) is 35.3. The highest BCUT2D eigenvalue weighted by Gasteiger charge is 2.32. The van der Waals surface area contributed by atoms with Gasteiger partial charge in [0.05, 0.1) is 6.61 Å². The number of aliphatic hydroxyl groups is 2. The largest absolute Gasteiger partial charge is 0.400 e. The number of Topliss-reactive ketones (excluding diaryl/α,β-unsaturated/α-hetero) is 1. The number of aliphatic hydroxyl groups excluding tert-OH is 2. The van der Waals surface area contributed by atoms with Crippen LogP contribution >= 0.6 is 0 Å². The molecule has 0 saturated carbocycles. The maximum absolute atomic E-state index is 12.8. The number of hydrogen-bond donors (Lipinski definition) is 2. The highest BCUT2D eigenvalue weighted by Crippen LogP contribution is 2.39. The molecule has 0 aliphatic carbocycles. The van der Waals surface area contributed by atoms with Crippen LogP contribution in [0.4, 0.5) is 0 Å². The summed E-state index contributed by atoms with van der Waals surface area (Å²) in [6.45, 7) is 28.8. The van der Waals surface area contributed by atoms with E-state index in [1.54, 1.807) is 14.0 Å². The van der Waals surface area contributed by atoms with Gasteiger partial charge in [-0.3, -0.25) is 4.79 Å². The predicted molar refractivity (Wildman–Crippen MR) is 153 cm³/mol. The minimum Gasteiger partial charge on any atom is -0.400 e. The molecule has 0 bridgehead atoms. The predicted octanol–water partition coefficient (Wildman–Crippen LogP) is 6.61. The van der Waals surface area contributed by atoms with Crippen LogP contribution in [0, 0.1) is 22.7 Å². The van der Waals surface area contributed by atoms with Gasteiger partial charge in [0.15, 0.2) is 0 Å². The summed E-state index contributed by atoms with van der Waals surface area (Å²) in [5.41, 5.74) is -0.0233. The molecule has 0 aliphatic rings. The molecule has 6 heteroatoms. The molecule has 216 valence electrons. The molecule has 0 aliphatic heterocycles. The second-order valence-corrected chi connectivity index (χ2v) is 10.7. The second kappa shape index (κ2) is 27.6. The average Bonchev–Trinajstić information content (AvgIpc) is 2.78. The van der Waals surface area contributed by atoms with E-state index in [1.807, 2.05) is 46.4 Å². The average molecular weight is 508 g/mol. The summed E-state index contributed by atoms with van der Waals surface area (Å²) in [7, 11) is 2.67. The van der Waals surface area contributed by atoms with Crippen LogP contribution in [0.15, 0.2) is 0 Å². The Morgan fingerprint density at radius 1 is 0.886 bits per heavy atom. The fraction of sp³-hybridized carbons (Fsp3) is 0.931. The number of nitrogens with zero attached hydrogens (tertiary/aromatic N) is 1. The second-order valence-electron chi connectivity index (χ2n) is 10.7. The number of ketones is 1. The van der Waals surface area contributed by atoms with Gasteiger partial charge in [0.1, 0.15) is 5.78 Å². The Balaban J connectivity index is -0.000000232. The lowest BCUT2D eigenvalue weighted by Gasteiger charge is -2.36. The summed E-state index contributed by atoms with van der Waals surface area (Å²) >= 11 is 0. The Morgan fingerprint density at radius 3 is 1.63 bits per heavy atom. The standard InChI is InChI=1S/C20H39NO3.C4H10O.2C2H6.CH4O/c1-16(2)14-21(11-12-24-8)18(23)13-20(6,7)15-19(4,5)10-9-17(3)22;1-4(2)3-5;3*1-2/h16H,9-15H2,1-8H3;4-5H,3H2,1-2H3;2*1-2H3;2H,1H3. The normalized spacial score (nSPS) is 10.5. The molecule has 2 N–H and O–H groups in total. The first-order chi connectivity index (χ1) is 16.2. The van der Waals surface area contributed by atoms with Crippen LogP contribution in [0.25, 0.3) is 0 Å². The zero-order valence-electron chi connectivity index (χ0n) is 26.4. The van der Waals surface area contributed by atoms with Crippen LogP contribution in [0.3, 0.4) is 0 Å². The van der Waals surface area contributed by atoms with Crippen molar-refractivity contribution in [1.82, 2.24) is 4.90 Å². The molecule has 0 heterocycles. The van der Waals surface area contributed by atoms with Gasteiger partial charge in [0.2, 0.25) is 5.91 Å². The van der Waals surface area contributed by atoms with Crippen LogP contribution in [0.1, 0.15) is 116 Å². The number of carbonyl (C=O) groups excluding carboxylic acids is 2. The van der Waals surface area contributed by atoms with Crippen LogP contribution in [0.5, 0.6) is 0 Å². The Kier molecular flexibility index (Phi) is 34.7. The minimum absolute atomic E-state index is 0.0604. The van der Waals surface area contributed by atoms with Gasteiger partial charge in [-0.1, -0.05) is 83.1 Å². The fourth-order valence-electron chi connectivity index (χ4n) is 3.44. The molecule has 0 radical (unpaired) electrons. The molecule has 1 amide bonds. The molecule has 6 nitrogen and oxygen atoms in total. The van der Waals surface area contributed by atoms with Gasteiger partial charge in [-0.05, 0) is 42.4 Å². The summed E-state index contributed by atoms with van der Waals surface area (Å²) in [5, 5.41) is 15.1. The molecule has 0 aromatic heterocycles. The first-order valence-corrected chi connectivity index (χ1v) is 13.5. The van der Waals surface area contributed by atoms with Crippen molar-refractivity contribution in [3.05, 3.63) is 0 Å². The lowest BCUT2D eigenvalue weighted by Crippen LogP contribution is -2.39. The van der Waals surface area contributed by atoms with Crippen molar-refractivity contribution in [2.24, 2.45) is 22.7 Å². The summed E-state index contributed by atoms with van der Waals surface area (Å²) in [5.74, 6) is 1.32. The van der Waals surface area contributed by atoms with Crippen molar-refractivity contribution in [2.45, 2.75) is 116 Å². The molecule has 35 heavy (non-hydrogen) atoms. The van der Waals surface area contributed by atoms with E-state index in [4.69, 9.17) is 14.9 Å². The van der Waals surface area contributed by atoms with Crippen molar-refractivity contribution in [3.8, 4) is 0 Å². The van der Waals surface area contributed by atoms with Gasteiger partial charge in [-0.15, -0.1) is 0 Å². The van der Waals surface area contributed by atoms with Gasteiger partial charge < -0.3 is 24.6 Å². The van der Waals surface area contributed by atoms with Gasteiger partial charge in [0.25, 0.3) is 0 Å². The Bertz CT molecular complexity index is 460. The number of ether oxygens (including phenoxy) is 1. The van der Waals surface area contributed by atoms with Gasteiger partial charge in [-0.25, -0.2) is 0 Å². The smallest absolute Gasteiger partial charge is 0.223 e. The fourth-order valence-corrected chi connectivity index (χ4v) is 3.44. The minimum atomic E-state index is -0.0837. The zero-order valence-corrected chi connectivity index (χ0v) is 26.4. The van der Waals surface area contributed by atoms with E-state index in [2.05, 4.69) is 41.5 Å². The van der Waals surface area contributed by atoms with Gasteiger partial charge >= 0.3 is 0 Å². The Hall–Kier alpha value is -0.980. The zero-order chi connectivity index (χ0) is 29.3. The van der Waals surface area contributed by atoms with Crippen LogP contribution in [-0.2, 0) is 14.3 Å².